The molecule has 0 radical (unpaired) electrons. The van der Waals surface area contributed by atoms with E-state index in [1.54, 1.807) is 23.4 Å². The fourth-order valence-electron chi connectivity index (χ4n) is 7.13. The van der Waals surface area contributed by atoms with Gasteiger partial charge in [0.15, 0.2) is 0 Å². The van der Waals surface area contributed by atoms with E-state index in [1.165, 1.54) is 0 Å². The molecule has 5 heterocycles. The van der Waals surface area contributed by atoms with Crippen LogP contribution in [0, 0.1) is 18.8 Å². The van der Waals surface area contributed by atoms with Gasteiger partial charge in [-0.1, -0.05) is 30.2 Å². The van der Waals surface area contributed by atoms with Crippen LogP contribution in [-0.2, 0) is 0 Å². The number of hydrogen-bond acceptors (Lipinski definition) is 8. The molecule has 6 rings (SSSR count). The van der Waals surface area contributed by atoms with Crippen LogP contribution >= 0.6 is 11.6 Å². The van der Waals surface area contributed by atoms with E-state index in [1.807, 2.05) is 29.7 Å². The van der Waals surface area contributed by atoms with E-state index in [0.717, 1.165) is 63.0 Å². The number of fused-ring (bicyclic) bond motifs is 4. The van der Waals surface area contributed by atoms with Crippen molar-refractivity contribution in [3.05, 3.63) is 57.9 Å². The third kappa shape index (κ3) is 5.35. The second-order valence-electron chi connectivity index (χ2n) is 11.9. The fraction of sp³-hybridized carbons (Fsp3) is 0.586. The lowest BCUT2D eigenvalue weighted by Crippen LogP contribution is -2.54. The molecule has 2 aromatic heterocycles. The summed E-state index contributed by atoms with van der Waals surface area (Å²) in [6.07, 6.45) is 10.5. The molecule has 3 N–H and O–H groups in total. The largest absolute Gasteiger partial charge is 0.312 e. The van der Waals surface area contributed by atoms with E-state index in [9.17, 15) is 4.79 Å². The van der Waals surface area contributed by atoms with Gasteiger partial charge in [0.05, 0.1) is 36.1 Å². The lowest BCUT2D eigenvalue weighted by Gasteiger charge is -2.42. The second-order valence-corrected chi connectivity index (χ2v) is 12.3. The standard InChI is InChI=1S/C29H40ClN9O/c1-18-5-4-6-26(23-13-20(9-10-31-23)28-24(32-15-18)16-35-37(28)3)38-17-33-27(19(2)29(38)40)22-14-21(30)7-8-25(22)39-12-11-34-36-39/h7-8,11-12,14,17-18,20,23-24,26,28,31-32,35H,4-6,9-10,13,15-16H2,1-3H3/t18-,20?,23?,24?,26+,28?/m1/s1. The van der Waals surface area contributed by atoms with E-state index in [0.29, 0.717) is 40.2 Å². The van der Waals surface area contributed by atoms with Crippen LogP contribution in [0.3, 0.4) is 0 Å². The average molecular weight is 566 g/mol. The number of hydrazine groups is 1. The van der Waals surface area contributed by atoms with Crippen molar-refractivity contribution in [3.8, 4) is 16.9 Å². The smallest absolute Gasteiger partial charge is 0.257 e. The minimum Gasteiger partial charge on any atom is -0.312 e. The van der Waals surface area contributed by atoms with E-state index >= 15 is 0 Å². The van der Waals surface area contributed by atoms with Crippen molar-refractivity contribution in [2.24, 2.45) is 11.8 Å². The summed E-state index contributed by atoms with van der Waals surface area (Å²) in [5.74, 6) is 1.12. The van der Waals surface area contributed by atoms with Crippen molar-refractivity contribution in [1.29, 1.82) is 0 Å². The van der Waals surface area contributed by atoms with Gasteiger partial charge < -0.3 is 10.6 Å². The molecule has 0 aliphatic carbocycles. The predicted octanol–water partition coefficient (Wildman–Crippen LogP) is 2.96. The molecule has 214 valence electrons. The highest BCUT2D eigenvalue weighted by molar-refractivity contribution is 6.31. The maximum atomic E-state index is 14.1. The van der Waals surface area contributed by atoms with Crippen LogP contribution in [0.2, 0.25) is 5.02 Å². The van der Waals surface area contributed by atoms with Crippen molar-refractivity contribution in [2.45, 2.75) is 70.1 Å². The second kappa shape index (κ2) is 11.7. The van der Waals surface area contributed by atoms with Crippen LogP contribution in [-0.4, -0.2) is 74.4 Å². The highest BCUT2D eigenvalue weighted by Gasteiger charge is 2.41. The SMILES string of the molecule is Cc1c(-c2cc(Cl)ccc2-n2ccnn2)ncn([C@H]2CCC[C@@H](C)CNC3CNN(C)C3C3CCNC2C3)c1=O. The van der Waals surface area contributed by atoms with Gasteiger partial charge >= 0.3 is 0 Å². The zero-order valence-electron chi connectivity index (χ0n) is 23.6. The Morgan fingerprint density at radius 3 is 2.80 bits per heavy atom. The molecular weight excluding hydrogens is 526 g/mol. The Balaban J connectivity index is 1.36. The summed E-state index contributed by atoms with van der Waals surface area (Å²) in [6, 6.07) is 6.68. The Morgan fingerprint density at radius 1 is 1.10 bits per heavy atom. The van der Waals surface area contributed by atoms with Crippen molar-refractivity contribution in [2.75, 3.05) is 26.7 Å². The van der Waals surface area contributed by atoms with E-state index < -0.39 is 0 Å². The molecule has 0 spiro atoms. The Morgan fingerprint density at radius 2 is 1.98 bits per heavy atom. The van der Waals surface area contributed by atoms with E-state index in [-0.39, 0.29) is 17.6 Å². The van der Waals surface area contributed by atoms with Gasteiger partial charge in [-0.2, -0.15) is 0 Å². The van der Waals surface area contributed by atoms with Crippen LogP contribution in [0.25, 0.3) is 16.9 Å². The first-order chi connectivity index (χ1) is 19.4. The number of nitrogens with zero attached hydrogens (tertiary/aromatic N) is 6. The molecule has 11 heteroatoms. The zero-order chi connectivity index (χ0) is 27.8. The molecule has 0 saturated carbocycles. The number of likely N-dealkylation sites (N-methyl/N-ethyl adjacent to an activating group) is 1. The molecule has 3 aromatic rings. The van der Waals surface area contributed by atoms with Crippen LogP contribution < -0.4 is 21.6 Å². The van der Waals surface area contributed by atoms with Crippen molar-refractivity contribution < 1.29 is 0 Å². The summed E-state index contributed by atoms with van der Waals surface area (Å²) in [4.78, 5) is 19.0. The molecule has 3 saturated heterocycles. The molecule has 40 heavy (non-hydrogen) atoms. The zero-order valence-corrected chi connectivity index (χ0v) is 24.3. The predicted molar refractivity (Wildman–Crippen MR) is 157 cm³/mol. The Kier molecular flexibility index (Phi) is 8.05. The van der Waals surface area contributed by atoms with Gasteiger partial charge in [0.1, 0.15) is 0 Å². The first-order valence-electron chi connectivity index (χ1n) is 14.6. The van der Waals surface area contributed by atoms with Gasteiger partial charge in [0.25, 0.3) is 5.56 Å². The van der Waals surface area contributed by atoms with Gasteiger partial charge in [-0.25, -0.2) is 14.7 Å². The number of halogens is 1. The van der Waals surface area contributed by atoms with Crippen LogP contribution in [0.15, 0.2) is 41.7 Å². The van der Waals surface area contributed by atoms with Gasteiger partial charge in [-0.15, -0.1) is 5.10 Å². The average Bonchev–Trinajstić information content (AvgIpc) is 3.61. The fourth-order valence-corrected chi connectivity index (χ4v) is 7.30. The molecule has 1 aromatic carbocycles. The van der Waals surface area contributed by atoms with E-state index in [4.69, 9.17) is 16.6 Å². The maximum Gasteiger partial charge on any atom is 0.257 e. The number of rotatable bonds is 3. The van der Waals surface area contributed by atoms with Gasteiger partial charge in [0.2, 0.25) is 0 Å². The third-order valence-corrected chi connectivity index (χ3v) is 9.47. The van der Waals surface area contributed by atoms with Crippen molar-refractivity contribution in [1.82, 2.24) is 45.6 Å². The summed E-state index contributed by atoms with van der Waals surface area (Å²) >= 11 is 6.40. The summed E-state index contributed by atoms with van der Waals surface area (Å²) < 4.78 is 3.58. The number of piperidine rings is 1. The third-order valence-electron chi connectivity index (χ3n) is 9.23. The Bertz CT molecular complexity index is 1380. The molecule has 4 unspecified atom stereocenters. The molecule has 2 bridgehead atoms. The van der Waals surface area contributed by atoms with Gasteiger partial charge in [-0.3, -0.25) is 14.8 Å². The molecule has 3 fully saturated rings. The van der Waals surface area contributed by atoms with Gasteiger partial charge in [0, 0.05) is 47.9 Å². The van der Waals surface area contributed by atoms with Gasteiger partial charge in [-0.05, 0) is 75.7 Å². The van der Waals surface area contributed by atoms with Crippen LogP contribution in [0.5, 0.6) is 0 Å². The minimum absolute atomic E-state index is 0.00257. The number of benzene rings is 1. The monoisotopic (exact) mass is 565 g/mol. The highest BCUT2D eigenvalue weighted by Crippen LogP contribution is 2.34. The quantitative estimate of drug-likeness (QED) is 0.445. The first kappa shape index (κ1) is 27.5. The Labute approximate surface area is 240 Å². The van der Waals surface area contributed by atoms with Crippen molar-refractivity contribution >= 4 is 11.6 Å². The minimum atomic E-state index is 0.00257. The molecule has 6 atom stereocenters. The summed E-state index contributed by atoms with van der Waals surface area (Å²) in [5, 5.41) is 18.7. The first-order valence-corrected chi connectivity index (χ1v) is 15.0. The van der Waals surface area contributed by atoms with E-state index in [2.05, 4.69) is 45.4 Å². The lowest BCUT2D eigenvalue weighted by atomic mass is 9.79. The molecule has 10 nitrogen and oxygen atoms in total. The highest BCUT2D eigenvalue weighted by atomic mass is 35.5. The van der Waals surface area contributed by atoms with Crippen LogP contribution in [0.4, 0.5) is 0 Å². The summed E-state index contributed by atoms with van der Waals surface area (Å²) in [5.41, 5.74) is 6.36. The molecule has 3 aliphatic rings. The topological polar surface area (TPSA) is 105 Å². The number of nitrogens with one attached hydrogen (secondary N) is 3. The maximum absolute atomic E-state index is 14.1. The molecular formula is C29H40ClN9O. The van der Waals surface area contributed by atoms with Crippen LogP contribution in [0.1, 0.15) is 50.6 Å². The summed E-state index contributed by atoms with van der Waals surface area (Å²) in [7, 11) is 2.18. The molecule has 0 amide bonds. The van der Waals surface area contributed by atoms with Crippen molar-refractivity contribution in [3.63, 3.8) is 0 Å². The lowest BCUT2D eigenvalue weighted by molar-refractivity contribution is 0.108. The normalized spacial score (nSPS) is 29.9. The number of aromatic nitrogens is 5. The Hall–Kier alpha value is -2.63. The molecule has 3 aliphatic heterocycles. The number of hydrogen-bond donors (Lipinski definition) is 3. The summed E-state index contributed by atoms with van der Waals surface area (Å²) in [6.45, 7) is 7.16.